The molecule has 0 bridgehead atoms. The van der Waals surface area contributed by atoms with Crippen molar-refractivity contribution in [3.05, 3.63) is 35.7 Å². The van der Waals surface area contributed by atoms with Crippen LogP contribution in [-0.2, 0) is 6.42 Å². The number of benzene rings is 1. The standard InChI is InChI=1S/C15H14N6O/c1-3-10-13(9-6-4-5-7-12(9)22-2)15-19-18-11(8-16)14(17)21(15)20-10/h4-7H,3,17H2,1-2H3. The lowest BCUT2D eigenvalue weighted by Crippen LogP contribution is -2.06. The maximum atomic E-state index is 9.02. The van der Waals surface area contributed by atoms with E-state index in [1.807, 2.05) is 37.3 Å². The Bertz CT molecular complexity index is 893. The second kappa shape index (κ2) is 5.33. The second-order valence-corrected chi connectivity index (χ2v) is 4.66. The lowest BCUT2D eigenvalue weighted by Gasteiger charge is -2.08. The van der Waals surface area contributed by atoms with E-state index in [0.29, 0.717) is 12.1 Å². The molecular weight excluding hydrogens is 280 g/mol. The first-order valence-corrected chi connectivity index (χ1v) is 6.78. The van der Waals surface area contributed by atoms with E-state index in [4.69, 9.17) is 15.7 Å². The molecule has 1 aromatic carbocycles. The van der Waals surface area contributed by atoms with Gasteiger partial charge in [0.05, 0.1) is 18.4 Å². The molecule has 3 aromatic rings. The Hall–Kier alpha value is -3.14. The molecule has 7 nitrogen and oxygen atoms in total. The van der Waals surface area contributed by atoms with Gasteiger partial charge in [-0.15, -0.1) is 10.2 Å². The van der Waals surface area contributed by atoms with Gasteiger partial charge in [-0.3, -0.25) is 0 Å². The SMILES string of the molecule is CCc1nn2c(N)c(C#N)nnc2c1-c1ccccc1OC. The molecule has 2 heterocycles. The molecule has 7 heteroatoms. The van der Waals surface area contributed by atoms with Gasteiger partial charge in [-0.1, -0.05) is 25.1 Å². The van der Waals surface area contributed by atoms with Gasteiger partial charge >= 0.3 is 0 Å². The molecule has 22 heavy (non-hydrogen) atoms. The monoisotopic (exact) mass is 294 g/mol. The molecule has 3 rings (SSSR count). The van der Waals surface area contributed by atoms with Gasteiger partial charge in [-0.2, -0.15) is 14.9 Å². The van der Waals surface area contributed by atoms with E-state index in [9.17, 15) is 0 Å². The van der Waals surface area contributed by atoms with E-state index in [2.05, 4.69) is 15.3 Å². The quantitative estimate of drug-likeness (QED) is 0.790. The number of methoxy groups -OCH3 is 1. The molecule has 0 amide bonds. The molecule has 0 fully saturated rings. The Kier molecular flexibility index (Phi) is 3.35. The third kappa shape index (κ3) is 1.93. The van der Waals surface area contributed by atoms with E-state index >= 15 is 0 Å². The Morgan fingerprint density at radius 2 is 2.09 bits per heavy atom. The highest BCUT2D eigenvalue weighted by Crippen LogP contribution is 2.35. The Morgan fingerprint density at radius 3 is 2.77 bits per heavy atom. The van der Waals surface area contributed by atoms with Gasteiger partial charge < -0.3 is 10.5 Å². The number of nitrogens with two attached hydrogens (primary N) is 1. The van der Waals surface area contributed by atoms with E-state index in [1.54, 1.807) is 7.11 Å². The number of aryl methyl sites for hydroxylation is 1. The minimum atomic E-state index is 0.0595. The predicted molar refractivity (Wildman–Crippen MR) is 81.3 cm³/mol. The van der Waals surface area contributed by atoms with Crippen molar-refractivity contribution in [1.29, 1.82) is 5.26 Å². The number of hydrogen-bond donors (Lipinski definition) is 1. The number of aromatic nitrogens is 4. The van der Waals surface area contributed by atoms with Crippen LogP contribution >= 0.6 is 0 Å². The molecule has 2 N–H and O–H groups in total. The van der Waals surface area contributed by atoms with Crippen molar-refractivity contribution < 1.29 is 4.74 Å². The molecule has 0 aliphatic heterocycles. The fourth-order valence-electron chi connectivity index (χ4n) is 2.42. The second-order valence-electron chi connectivity index (χ2n) is 4.66. The summed E-state index contributed by atoms with van der Waals surface area (Å²) in [6, 6.07) is 9.54. The Balaban J connectivity index is 2.39. The molecule has 0 aliphatic rings. The highest BCUT2D eigenvalue weighted by Gasteiger charge is 2.20. The van der Waals surface area contributed by atoms with Crippen molar-refractivity contribution in [3.8, 4) is 22.9 Å². The predicted octanol–water partition coefficient (Wildman–Crippen LogP) is 1.82. The van der Waals surface area contributed by atoms with Crippen LogP contribution in [0.25, 0.3) is 16.8 Å². The number of fused-ring (bicyclic) bond motifs is 1. The van der Waals surface area contributed by atoms with Crippen LogP contribution in [0.15, 0.2) is 24.3 Å². The molecule has 0 spiro atoms. The normalized spacial score (nSPS) is 10.6. The van der Waals surface area contributed by atoms with Crippen LogP contribution in [0.5, 0.6) is 5.75 Å². The summed E-state index contributed by atoms with van der Waals surface area (Å²) in [4.78, 5) is 0. The van der Waals surface area contributed by atoms with E-state index < -0.39 is 0 Å². The zero-order chi connectivity index (χ0) is 15.7. The molecule has 110 valence electrons. The summed E-state index contributed by atoms with van der Waals surface area (Å²) in [5.41, 5.74) is 9.04. The molecule has 0 atom stereocenters. The largest absolute Gasteiger partial charge is 0.496 e. The van der Waals surface area contributed by atoms with Gasteiger partial charge in [-0.25, -0.2) is 0 Å². The summed E-state index contributed by atoms with van der Waals surface area (Å²) in [5.74, 6) is 0.903. The molecule has 0 unspecified atom stereocenters. The first kappa shape index (κ1) is 13.8. The Morgan fingerprint density at radius 1 is 1.32 bits per heavy atom. The third-order valence-corrected chi connectivity index (χ3v) is 3.47. The highest BCUT2D eigenvalue weighted by atomic mass is 16.5. The molecular formula is C15H14N6O. The summed E-state index contributed by atoms with van der Waals surface area (Å²) >= 11 is 0. The molecule has 2 aromatic heterocycles. The fourth-order valence-corrected chi connectivity index (χ4v) is 2.42. The molecule has 0 saturated carbocycles. The minimum Gasteiger partial charge on any atom is -0.496 e. The van der Waals surface area contributed by atoms with Crippen molar-refractivity contribution in [2.75, 3.05) is 12.8 Å². The number of rotatable bonds is 3. The molecule has 0 radical (unpaired) electrons. The van der Waals surface area contributed by atoms with Gasteiger partial charge in [-0.05, 0) is 12.5 Å². The summed E-state index contributed by atoms with van der Waals surface area (Å²) in [5, 5.41) is 21.5. The summed E-state index contributed by atoms with van der Waals surface area (Å²) in [7, 11) is 1.62. The maximum Gasteiger partial charge on any atom is 0.205 e. The van der Waals surface area contributed by atoms with Gasteiger partial charge in [0.25, 0.3) is 0 Å². The minimum absolute atomic E-state index is 0.0595. The van der Waals surface area contributed by atoms with Crippen LogP contribution in [-0.4, -0.2) is 26.9 Å². The first-order valence-electron chi connectivity index (χ1n) is 6.78. The van der Waals surface area contributed by atoms with Crippen molar-refractivity contribution in [2.45, 2.75) is 13.3 Å². The van der Waals surface area contributed by atoms with Crippen molar-refractivity contribution >= 4 is 11.5 Å². The van der Waals surface area contributed by atoms with Gasteiger partial charge in [0.1, 0.15) is 11.8 Å². The van der Waals surface area contributed by atoms with Crippen LogP contribution in [0.3, 0.4) is 0 Å². The number of hydrogen-bond acceptors (Lipinski definition) is 6. The third-order valence-electron chi connectivity index (χ3n) is 3.47. The summed E-state index contributed by atoms with van der Waals surface area (Å²) in [6.45, 7) is 2.00. The number of anilines is 1. The lowest BCUT2D eigenvalue weighted by atomic mass is 10.0. The average Bonchev–Trinajstić information content (AvgIpc) is 2.94. The van der Waals surface area contributed by atoms with Gasteiger partial charge in [0.15, 0.2) is 11.5 Å². The van der Waals surface area contributed by atoms with E-state index in [1.165, 1.54) is 4.52 Å². The molecule has 0 aliphatic carbocycles. The fraction of sp³-hybridized carbons (Fsp3) is 0.200. The zero-order valence-corrected chi connectivity index (χ0v) is 12.2. The number of nitrogens with zero attached hydrogens (tertiary/aromatic N) is 5. The van der Waals surface area contributed by atoms with Crippen LogP contribution in [0, 0.1) is 11.3 Å². The number of nitriles is 1. The lowest BCUT2D eigenvalue weighted by molar-refractivity contribution is 0.416. The number of para-hydroxylation sites is 1. The highest BCUT2D eigenvalue weighted by molar-refractivity contribution is 5.84. The average molecular weight is 294 g/mol. The van der Waals surface area contributed by atoms with Gasteiger partial charge in [0, 0.05) is 5.56 Å². The van der Waals surface area contributed by atoms with Crippen LogP contribution in [0.4, 0.5) is 5.82 Å². The smallest absolute Gasteiger partial charge is 0.205 e. The number of nitrogen functional groups attached to an aromatic ring is 1. The maximum absolute atomic E-state index is 9.02. The number of ether oxygens (including phenoxy) is 1. The van der Waals surface area contributed by atoms with Crippen LogP contribution < -0.4 is 10.5 Å². The molecule has 0 saturated heterocycles. The topological polar surface area (TPSA) is 102 Å². The zero-order valence-electron chi connectivity index (χ0n) is 12.2. The van der Waals surface area contributed by atoms with E-state index in [-0.39, 0.29) is 11.5 Å². The summed E-state index contributed by atoms with van der Waals surface area (Å²) in [6.07, 6.45) is 0.693. The van der Waals surface area contributed by atoms with E-state index in [0.717, 1.165) is 22.6 Å². The first-order chi connectivity index (χ1) is 10.7. The van der Waals surface area contributed by atoms with Crippen molar-refractivity contribution in [2.24, 2.45) is 0 Å². The van der Waals surface area contributed by atoms with Crippen molar-refractivity contribution in [1.82, 2.24) is 19.8 Å². The summed E-state index contributed by atoms with van der Waals surface area (Å²) < 4.78 is 6.89. The Labute approximate surface area is 127 Å². The van der Waals surface area contributed by atoms with Gasteiger partial charge in [0.2, 0.25) is 5.69 Å². The van der Waals surface area contributed by atoms with Crippen LogP contribution in [0.2, 0.25) is 0 Å². The van der Waals surface area contributed by atoms with Crippen LogP contribution in [0.1, 0.15) is 18.3 Å². The van der Waals surface area contributed by atoms with Crippen molar-refractivity contribution in [3.63, 3.8) is 0 Å².